The van der Waals surface area contributed by atoms with E-state index in [0.717, 1.165) is 16.7 Å². The van der Waals surface area contributed by atoms with Crippen LogP contribution in [-0.4, -0.2) is 35.2 Å². The van der Waals surface area contributed by atoms with Crippen LogP contribution in [0, 0.1) is 0 Å². The molecule has 0 spiro atoms. The summed E-state index contributed by atoms with van der Waals surface area (Å²) in [5.41, 5.74) is 2.70. The Labute approximate surface area is 141 Å². The molecule has 0 saturated heterocycles. The first-order valence-electron chi connectivity index (χ1n) is 7.78. The number of hydrogen-bond acceptors (Lipinski definition) is 3. The Hall–Kier alpha value is -2.66. The average molecular weight is 327 g/mol. The van der Waals surface area contributed by atoms with Crippen LogP contribution in [0.25, 0.3) is 0 Å². The minimum atomic E-state index is -1.08. The number of aliphatic hydroxyl groups is 1. The van der Waals surface area contributed by atoms with Crippen molar-refractivity contribution in [2.75, 3.05) is 13.2 Å². The van der Waals surface area contributed by atoms with Crippen molar-refractivity contribution in [3.63, 3.8) is 0 Å². The van der Waals surface area contributed by atoms with Crippen molar-refractivity contribution in [2.24, 2.45) is 0 Å². The van der Waals surface area contributed by atoms with Crippen molar-refractivity contribution in [3.8, 4) is 0 Å². The molecule has 3 N–H and O–H groups in total. The predicted octanol–water partition coefficient (Wildman–Crippen LogP) is 2.12. The predicted molar refractivity (Wildman–Crippen MR) is 90.9 cm³/mol. The van der Waals surface area contributed by atoms with Crippen molar-refractivity contribution in [1.29, 1.82) is 0 Å². The standard InChI is InChI=1S/C19H21NO4/c1-13(19(24)20-11-18(22)23)15-8-5-9-16(10-15)17(12-21)14-6-3-2-4-7-14/h2-10,13,17,21H,11-12H2,1H3,(H,20,24)(H,22,23). The van der Waals surface area contributed by atoms with Crippen LogP contribution in [0.4, 0.5) is 0 Å². The number of rotatable bonds is 7. The lowest BCUT2D eigenvalue weighted by Crippen LogP contribution is -2.32. The van der Waals surface area contributed by atoms with Crippen molar-refractivity contribution in [1.82, 2.24) is 5.32 Å². The van der Waals surface area contributed by atoms with E-state index in [1.807, 2.05) is 54.6 Å². The molecule has 0 aliphatic carbocycles. The zero-order valence-electron chi connectivity index (χ0n) is 13.5. The van der Waals surface area contributed by atoms with Crippen LogP contribution >= 0.6 is 0 Å². The van der Waals surface area contributed by atoms with Gasteiger partial charge in [0, 0.05) is 5.92 Å². The Bertz CT molecular complexity index is 700. The van der Waals surface area contributed by atoms with Gasteiger partial charge in [-0.1, -0.05) is 54.6 Å². The monoisotopic (exact) mass is 327 g/mol. The smallest absolute Gasteiger partial charge is 0.322 e. The molecule has 1 amide bonds. The molecule has 0 bridgehead atoms. The first-order valence-corrected chi connectivity index (χ1v) is 7.78. The van der Waals surface area contributed by atoms with Crippen molar-refractivity contribution < 1.29 is 19.8 Å². The van der Waals surface area contributed by atoms with Gasteiger partial charge in [0.25, 0.3) is 0 Å². The second kappa shape index (κ2) is 8.26. The molecule has 2 aromatic rings. The largest absolute Gasteiger partial charge is 0.480 e. The van der Waals surface area contributed by atoms with Crippen LogP contribution in [0.5, 0.6) is 0 Å². The molecular formula is C19H21NO4. The highest BCUT2D eigenvalue weighted by atomic mass is 16.4. The molecule has 126 valence electrons. The molecule has 0 aliphatic rings. The van der Waals surface area contributed by atoms with E-state index in [4.69, 9.17) is 5.11 Å². The third kappa shape index (κ3) is 4.43. The number of hydrogen-bond donors (Lipinski definition) is 3. The number of aliphatic carboxylic acids is 1. The van der Waals surface area contributed by atoms with Gasteiger partial charge in [-0.15, -0.1) is 0 Å². The van der Waals surface area contributed by atoms with Crippen LogP contribution < -0.4 is 5.32 Å². The third-order valence-electron chi connectivity index (χ3n) is 4.00. The molecule has 2 aromatic carbocycles. The summed E-state index contributed by atoms with van der Waals surface area (Å²) in [4.78, 5) is 22.6. The van der Waals surface area contributed by atoms with E-state index < -0.39 is 18.4 Å². The summed E-state index contributed by atoms with van der Waals surface area (Å²) in [5, 5.41) is 20.8. The highest BCUT2D eigenvalue weighted by Gasteiger charge is 2.18. The molecule has 0 fully saturated rings. The van der Waals surface area contributed by atoms with E-state index in [1.165, 1.54) is 0 Å². The van der Waals surface area contributed by atoms with Gasteiger partial charge in [-0.3, -0.25) is 9.59 Å². The van der Waals surface area contributed by atoms with E-state index in [-0.39, 0.29) is 18.4 Å². The molecule has 0 aliphatic heterocycles. The first kappa shape index (κ1) is 17.7. The lowest BCUT2D eigenvalue weighted by molar-refractivity contribution is -0.138. The molecule has 0 aromatic heterocycles. The summed E-state index contributed by atoms with van der Waals surface area (Å²) >= 11 is 0. The van der Waals surface area contributed by atoms with E-state index >= 15 is 0 Å². The van der Waals surface area contributed by atoms with Gasteiger partial charge in [0.2, 0.25) is 5.91 Å². The summed E-state index contributed by atoms with van der Waals surface area (Å²) in [6.07, 6.45) is 0. The number of carboxylic acids is 1. The third-order valence-corrected chi connectivity index (χ3v) is 4.00. The zero-order chi connectivity index (χ0) is 17.5. The van der Waals surface area contributed by atoms with Gasteiger partial charge in [-0.05, 0) is 23.6 Å². The van der Waals surface area contributed by atoms with Gasteiger partial charge in [0.05, 0.1) is 12.5 Å². The highest BCUT2D eigenvalue weighted by molar-refractivity contribution is 5.86. The number of amides is 1. The maximum atomic E-state index is 12.0. The van der Waals surface area contributed by atoms with Crippen LogP contribution in [0.1, 0.15) is 35.4 Å². The second-order valence-electron chi connectivity index (χ2n) is 5.65. The first-order chi connectivity index (χ1) is 11.5. The van der Waals surface area contributed by atoms with E-state index in [9.17, 15) is 14.7 Å². The Morgan fingerprint density at radius 1 is 1.00 bits per heavy atom. The number of aliphatic hydroxyl groups excluding tert-OH is 1. The molecule has 2 atom stereocenters. The summed E-state index contributed by atoms with van der Waals surface area (Å²) in [5.74, 6) is -2.05. The topological polar surface area (TPSA) is 86.6 Å². The quantitative estimate of drug-likeness (QED) is 0.727. The summed E-state index contributed by atoms with van der Waals surface area (Å²) in [7, 11) is 0. The number of carbonyl (C=O) groups excluding carboxylic acids is 1. The van der Waals surface area contributed by atoms with Crippen molar-refractivity contribution in [2.45, 2.75) is 18.8 Å². The van der Waals surface area contributed by atoms with Gasteiger partial charge in [0.1, 0.15) is 6.54 Å². The zero-order valence-corrected chi connectivity index (χ0v) is 13.5. The van der Waals surface area contributed by atoms with Crippen LogP contribution in [0.15, 0.2) is 54.6 Å². The van der Waals surface area contributed by atoms with Gasteiger partial charge in [-0.25, -0.2) is 0 Å². The van der Waals surface area contributed by atoms with Crippen molar-refractivity contribution in [3.05, 3.63) is 71.3 Å². The minimum Gasteiger partial charge on any atom is -0.480 e. The Kier molecular flexibility index (Phi) is 6.09. The highest BCUT2D eigenvalue weighted by Crippen LogP contribution is 2.27. The molecule has 2 unspecified atom stereocenters. The minimum absolute atomic E-state index is 0.0347. The molecule has 0 saturated carbocycles. The maximum absolute atomic E-state index is 12.0. The van der Waals surface area contributed by atoms with E-state index in [1.54, 1.807) is 6.92 Å². The van der Waals surface area contributed by atoms with Crippen molar-refractivity contribution >= 4 is 11.9 Å². The van der Waals surface area contributed by atoms with Gasteiger partial charge < -0.3 is 15.5 Å². The van der Waals surface area contributed by atoms with Crippen LogP contribution in [0.3, 0.4) is 0 Å². The van der Waals surface area contributed by atoms with Gasteiger partial charge >= 0.3 is 5.97 Å². The van der Waals surface area contributed by atoms with Crippen LogP contribution in [-0.2, 0) is 9.59 Å². The summed E-state index contributed by atoms with van der Waals surface area (Å²) < 4.78 is 0. The van der Waals surface area contributed by atoms with Gasteiger partial charge in [-0.2, -0.15) is 0 Å². The van der Waals surface area contributed by atoms with E-state index in [2.05, 4.69) is 5.32 Å². The molecule has 5 nitrogen and oxygen atoms in total. The summed E-state index contributed by atoms with van der Waals surface area (Å²) in [6.45, 7) is 1.30. The fourth-order valence-electron chi connectivity index (χ4n) is 2.60. The molecule has 0 heterocycles. The molecule has 0 radical (unpaired) electrons. The molecular weight excluding hydrogens is 306 g/mol. The molecule has 24 heavy (non-hydrogen) atoms. The van der Waals surface area contributed by atoms with E-state index in [0.29, 0.717) is 0 Å². The van der Waals surface area contributed by atoms with Gasteiger partial charge in [0.15, 0.2) is 0 Å². The Balaban J connectivity index is 2.21. The average Bonchev–Trinajstić information content (AvgIpc) is 2.61. The molecule has 2 rings (SSSR count). The summed E-state index contributed by atoms with van der Waals surface area (Å²) in [6, 6.07) is 17.1. The Morgan fingerprint density at radius 3 is 2.25 bits per heavy atom. The normalized spacial score (nSPS) is 13.1. The fourth-order valence-corrected chi connectivity index (χ4v) is 2.60. The maximum Gasteiger partial charge on any atom is 0.322 e. The number of benzene rings is 2. The lowest BCUT2D eigenvalue weighted by Gasteiger charge is -2.18. The Morgan fingerprint density at radius 2 is 1.62 bits per heavy atom. The lowest BCUT2D eigenvalue weighted by atomic mass is 9.89. The van der Waals surface area contributed by atoms with Crippen LogP contribution in [0.2, 0.25) is 0 Å². The number of nitrogens with one attached hydrogen (secondary N) is 1. The SMILES string of the molecule is CC(C(=O)NCC(=O)O)c1cccc(C(CO)c2ccccc2)c1. The number of carboxylic acid groups (broad SMARTS) is 1. The number of carbonyl (C=O) groups is 2. The second-order valence-corrected chi connectivity index (χ2v) is 5.65. The fraction of sp³-hybridized carbons (Fsp3) is 0.263. The molecule has 5 heteroatoms.